The lowest BCUT2D eigenvalue weighted by Gasteiger charge is -2.42. The zero-order chi connectivity index (χ0) is 43.6. The Balaban J connectivity index is 1.52. The van der Waals surface area contributed by atoms with Gasteiger partial charge in [0.05, 0.1) is 36.7 Å². The van der Waals surface area contributed by atoms with Crippen molar-refractivity contribution < 1.29 is 48.0 Å². The zero-order valence-electron chi connectivity index (χ0n) is 34.9. The van der Waals surface area contributed by atoms with E-state index in [1.54, 1.807) is 64.2 Å². The van der Waals surface area contributed by atoms with E-state index in [-0.39, 0.29) is 23.4 Å². The van der Waals surface area contributed by atoms with Crippen molar-refractivity contribution in [3.8, 4) is 5.75 Å². The molecule has 0 spiro atoms. The van der Waals surface area contributed by atoms with Crippen molar-refractivity contribution in [2.75, 3.05) is 38.9 Å². The lowest BCUT2D eigenvalue weighted by molar-refractivity contribution is -0.158. The van der Waals surface area contributed by atoms with Gasteiger partial charge in [-0.25, -0.2) is 9.59 Å². The fourth-order valence-electron chi connectivity index (χ4n) is 7.62. The molecule has 2 aromatic carbocycles. The van der Waals surface area contributed by atoms with E-state index in [2.05, 4.69) is 16.9 Å². The van der Waals surface area contributed by atoms with Gasteiger partial charge >= 0.3 is 12.1 Å². The second-order valence-corrected chi connectivity index (χ2v) is 15.9. The van der Waals surface area contributed by atoms with Gasteiger partial charge < -0.3 is 44.3 Å². The molecule has 4 bridgehead atoms. The van der Waals surface area contributed by atoms with Gasteiger partial charge in [-0.15, -0.1) is 0 Å². The number of epoxide rings is 1. The number of likely N-dealkylation sites (N-methyl/N-ethyl adjacent to an activating group) is 1. The molecule has 59 heavy (non-hydrogen) atoms. The number of methoxy groups -OCH3 is 2. The molecular weight excluding hydrogens is 782 g/mol. The lowest BCUT2D eigenvalue weighted by Crippen LogP contribution is -2.63. The molecule has 0 saturated carbocycles. The number of aliphatic hydroxyl groups is 1. The molecule has 2 fully saturated rings. The first-order valence-electron chi connectivity index (χ1n) is 19.2. The normalized spacial score (nSPS) is 29.2. The molecule has 15 nitrogen and oxygen atoms in total. The van der Waals surface area contributed by atoms with Crippen LogP contribution >= 0.6 is 11.6 Å². The van der Waals surface area contributed by atoms with Crippen molar-refractivity contribution >= 4 is 58.8 Å². The van der Waals surface area contributed by atoms with Crippen LogP contribution in [0.15, 0.2) is 65.7 Å². The second kappa shape index (κ2) is 18.0. The van der Waals surface area contributed by atoms with Gasteiger partial charge in [0, 0.05) is 45.3 Å². The van der Waals surface area contributed by atoms with E-state index in [1.807, 2.05) is 13.0 Å². The topological polar surface area (TPSA) is 195 Å². The van der Waals surface area contributed by atoms with Crippen molar-refractivity contribution in [2.24, 2.45) is 10.9 Å². The highest BCUT2D eigenvalue weighted by Crippen LogP contribution is 2.49. The minimum absolute atomic E-state index is 0.0766. The second-order valence-electron chi connectivity index (χ2n) is 15.5. The molecule has 0 radical (unpaired) electrons. The summed E-state index contributed by atoms with van der Waals surface area (Å²) in [6.45, 7) is 12.3. The van der Waals surface area contributed by atoms with Gasteiger partial charge in [0.15, 0.2) is 5.72 Å². The highest BCUT2D eigenvalue weighted by molar-refractivity contribution is 6.35. The van der Waals surface area contributed by atoms with Gasteiger partial charge in [0.1, 0.15) is 40.7 Å². The molecule has 16 heteroatoms. The fraction of sp³-hybridized carbons (Fsp3) is 0.465. The van der Waals surface area contributed by atoms with Crippen LogP contribution in [0.4, 0.5) is 21.9 Å². The fourth-order valence-corrected chi connectivity index (χ4v) is 7.93. The van der Waals surface area contributed by atoms with Crippen molar-refractivity contribution in [2.45, 2.75) is 95.7 Å². The number of nitrogen functional groups attached to an aromatic ring is 1. The molecule has 2 aromatic rings. The number of carbonyl (C=O) groups is 4. The average molecular weight is 836 g/mol. The molecule has 3 aliphatic heterocycles. The first-order valence-corrected chi connectivity index (χ1v) is 19.6. The number of nitrogens with two attached hydrogens (primary N) is 1. The third kappa shape index (κ3) is 9.33. The van der Waals surface area contributed by atoms with Gasteiger partial charge in [-0.2, -0.15) is 0 Å². The number of allylic oxidation sites excluding steroid dienone is 4. The minimum atomic E-state index is -1.85. The van der Waals surface area contributed by atoms with Gasteiger partial charge in [-0.3, -0.25) is 19.9 Å². The maximum absolute atomic E-state index is 14.3. The Hall–Kier alpha value is -5.22. The van der Waals surface area contributed by atoms with E-state index in [0.717, 1.165) is 11.1 Å². The van der Waals surface area contributed by atoms with Crippen LogP contribution in [0.3, 0.4) is 0 Å². The lowest BCUT2D eigenvalue weighted by atomic mass is 9.83. The summed E-state index contributed by atoms with van der Waals surface area (Å²) in [5.74, 6) is -1.97. The number of amides is 3. The summed E-state index contributed by atoms with van der Waals surface area (Å²) in [6.07, 6.45) is 3.58. The number of carbonyl (C=O) groups excluding carboxylic acids is 4. The van der Waals surface area contributed by atoms with Crippen LogP contribution in [0.1, 0.15) is 62.0 Å². The number of nitrogens with one attached hydrogen (secondary N) is 1. The molecule has 0 aromatic heterocycles. The summed E-state index contributed by atoms with van der Waals surface area (Å²) < 4.78 is 29.4. The van der Waals surface area contributed by atoms with E-state index in [1.165, 1.54) is 50.3 Å². The van der Waals surface area contributed by atoms with Gasteiger partial charge in [0.2, 0.25) is 5.91 Å². The predicted molar refractivity (Wildman–Crippen MR) is 224 cm³/mol. The third-order valence-corrected chi connectivity index (χ3v) is 11.8. The number of benzene rings is 2. The Morgan fingerprint density at radius 3 is 2.61 bits per heavy atom. The summed E-state index contributed by atoms with van der Waals surface area (Å²) in [7, 11) is 5.93. The molecule has 4 N–H and O–H groups in total. The quantitative estimate of drug-likeness (QED) is 0.130. The minimum Gasteiger partial charge on any atom is -0.495 e. The Kier molecular flexibility index (Phi) is 13.7. The summed E-state index contributed by atoms with van der Waals surface area (Å²) in [5.41, 5.74) is 6.62. The van der Waals surface area contributed by atoms with E-state index in [0.29, 0.717) is 34.8 Å². The SMILES string of the molecule is C=C/C=N\c1c(N)ccc(C(=O)N(C)[C@@H](C)C(=O)O[C@H]2CC(=O)N(C)c3cc(cc(OC)c3Cl)C/C(C)=C/C=C/[C@@H](OC)[C@@]3(O)C[C@H](OC(=O)N3)[C@@H](C)[C@@H]3O[C@@]23C)c1C. The summed E-state index contributed by atoms with van der Waals surface area (Å²) >= 11 is 6.80. The third-order valence-electron chi connectivity index (χ3n) is 11.5. The number of nitrogens with zero attached hydrogens (tertiary/aromatic N) is 3. The molecular formula is C43H54ClN5O10. The first kappa shape index (κ1) is 44.9. The van der Waals surface area contributed by atoms with Crippen LogP contribution < -0.4 is 20.7 Å². The maximum atomic E-state index is 14.3. The Morgan fingerprint density at radius 2 is 1.95 bits per heavy atom. The van der Waals surface area contributed by atoms with Crippen LogP contribution in [0, 0.1) is 12.8 Å². The smallest absolute Gasteiger partial charge is 0.409 e. The number of hydrogen-bond acceptors (Lipinski definition) is 12. The standard InChI is InChI=1S/C43H54ClN5O10/c1-11-17-46-37-24(3)28(15-16-29(37)45)39(51)48(7)26(5)40(52)58-34-21-35(50)49(8)30-19-27(20-31(55-9)36(30)44)18-23(2)13-12-14-33(56-10)43(54)22-32(57-41(53)47-43)25(4)38-42(34,6)59-38/h11-17,19-20,25-26,32-34,38,54H,1,18,21-22,45H2,2-10H3,(H,47,53)/b14-12+,23-13+,46-17-/t25-,26+,32+,33-,34+,38+,42+,43+/m1/s1. The van der Waals surface area contributed by atoms with E-state index >= 15 is 0 Å². The molecule has 318 valence electrons. The summed E-state index contributed by atoms with van der Waals surface area (Å²) in [4.78, 5) is 62.1. The Labute approximate surface area is 349 Å². The molecule has 3 amide bonds. The number of halogens is 1. The van der Waals surface area contributed by atoms with Gasteiger partial charge in [0.25, 0.3) is 5.91 Å². The number of alkyl carbamates (subject to hydrolysis) is 1. The molecule has 8 atom stereocenters. The monoisotopic (exact) mass is 835 g/mol. The molecule has 0 unspecified atom stereocenters. The Morgan fingerprint density at radius 1 is 1.24 bits per heavy atom. The van der Waals surface area contributed by atoms with Gasteiger partial charge in [-0.05, 0) is 69.5 Å². The molecule has 2 saturated heterocycles. The first-order chi connectivity index (χ1) is 27.8. The van der Waals surface area contributed by atoms with Crippen molar-refractivity contribution in [3.05, 3.63) is 82.4 Å². The number of hydrogen-bond donors (Lipinski definition) is 3. The predicted octanol–water partition coefficient (Wildman–Crippen LogP) is 5.61. The van der Waals surface area contributed by atoms with Crippen LogP contribution in [-0.2, 0) is 35.0 Å². The molecule has 3 heterocycles. The number of esters is 1. The Bertz CT molecular complexity index is 2090. The molecule has 3 aliphatic rings. The number of ether oxygens (including phenoxy) is 5. The van der Waals surface area contributed by atoms with E-state index < -0.39 is 71.6 Å². The van der Waals surface area contributed by atoms with Crippen LogP contribution in [0.25, 0.3) is 0 Å². The number of anilines is 2. The van der Waals surface area contributed by atoms with Crippen molar-refractivity contribution in [3.63, 3.8) is 0 Å². The van der Waals surface area contributed by atoms with Crippen molar-refractivity contribution in [1.29, 1.82) is 0 Å². The molecule has 0 aliphatic carbocycles. The summed E-state index contributed by atoms with van der Waals surface area (Å²) in [6, 6.07) is 5.56. The highest BCUT2D eigenvalue weighted by Gasteiger charge is 2.64. The average Bonchev–Trinajstić information content (AvgIpc) is 3.89. The summed E-state index contributed by atoms with van der Waals surface area (Å²) in [5, 5.41) is 14.5. The number of fused-ring (bicyclic) bond motifs is 5. The van der Waals surface area contributed by atoms with Crippen LogP contribution in [-0.4, -0.2) is 110 Å². The van der Waals surface area contributed by atoms with Gasteiger partial charge in [-0.1, -0.05) is 55.0 Å². The zero-order valence-corrected chi connectivity index (χ0v) is 35.7. The largest absolute Gasteiger partial charge is 0.495 e. The molecule has 5 rings (SSSR count). The van der Waals surface area contributed by atoms with Crippen LogP contribution in [0.5, 0.6) is 5.75 Å². The van der Waals surface area contributed by atoms with E-state index in [4.69, 9.17) is 41.0 Å². The highest BCUT2D eigenvalue weighted by atomic mass is 35.5. The van der Waals surface area contributed by atoms with Crippen LogP contribution in [0.2, 0.25) is 5.02 Å². The van der Waals surface area contributed by atoms with Crippen molar-refractivity contribution in [1.82, 2.24) is 10.2 Å². The number of rotatable bonds is 8. The van der Waals surface area contributed by atoms with E-state index in [9.17, 15) is 24.3 Å². The number of aliphatic imine (C=N–C) groups is 1. The maximum Gasteiger partial charge on any atom is 0.409 e.